The Morgan fingerprint density at radius 3 is 2.74 bits per heavy atom. The van der Waals surface area contributed by atoms with Crippen LogP contribution in [0.3, 0.4) is 0 Å². The van der Waals surface area contributed by atoms with Crippen molar-refractivity contribution in [1.82, 2.24) is 5.32 Å². The van der Waals surface area contributed by atoms with E-state index in [0.29, 0.717) is 6.61 Å². The van der Waals surface area contributed by atoms with Gasteiger partial charge in [-0.2, -0.15) is 0 Å². The third-order valence-electron chi connectivity index (χ3n) is 2.61. The van der Waals surface area contributed by atoms with Gasteiger partial charge in [-0.1, -0.05) is 12.1 Å². The van der Waals surface area contributed by atoms with E-state index in [-0.39, 0.29) is 24.8 Å². The predicted octanol–water partition coefficient (Wildman–Crippen LogP) is 2.13. The number of carbonyl (C=O) groups excluding carboxylic acids is 1. The summed E-state index contributed by atoms with van der Waals surface area (Å²) in [5.41, 5.74) is 0.926. The highest BCUT2D eigenvalue weighted by molar-refractivity contribution is 5.80. The Morgan fingerprint density at radius 2 is 2.11 bits per heavy atom. The van der Waals surface area contributed by atoms with Gasteiger partial charge in [-0.05, 0) is 31.5 Å². The van der Waals surface area contributed by atoms with E-state index in [2.05, 4.69) is 5.32 Å². The summed E-state index contributed by atoms with van der Waals surface area (Å²) < 4.78 is 5.39. The van der Waals surface area contributed by atoms with Crippen molar-refractivity contribution in [2.45, 2.75) is 32.7 Å². The minimum atomic E-state index is -0.971. The average Bonchev–Trinajstić information content (AvgIpc) is 2.37. The number of carboxylic acids is 1. The van der Waals surface area contributed by atoms with E-state index in [4.69, 9.17) is 9.84 Å². The van der Waals surface area contributed by atoms with Gasteiger partial charge >= 0.3 is 5.97 Å². The van der Waals surface area contributed by atoms with Crippen molar-refractivity contribution in [3.8, 4) is 5.75 Å². The molecule has 0 aliphatic rings. The largest absolute Gasteiger partial charge is 0.494 e. The van der Waals surface area contributed by atoms with Crippen LogP contribution in [0.25, 0.3) is 0 Å². The number of benzene rings is 1. The number of hydrogen-bond acceptors (Lipinski definition) is 3. The van der Waals surface area contributed by atoms with Crippen LogP contribution < -0.4 is 10.1 Å². The molecule has 0 spiro atoms. The molecule has 19 heavy (non-hydrogen) atoms. The summed E-state index contributed by atoms with van der Waals surface area (Å²) in [5.74, 6) is -0.482. The highest BCUT2D eigenvalue weighted by Gasteiger charge is 2.11. The van der Waals surface area contributed by atoms with E-state index in [1.165, 1.54) is 0 Å². The summed E-state index contributed by atoms with van der Waals surface area (Å²) in [7, 11) is 0. The molecule has 0 heterocycles. The summed E-state index contributed by atoms with van der Waals surface area (Å²) in [6, 6.07) is 7.30. The van der Waals surface area contributed by atoms with Crippen molar-refractivity contribution in [1.29, 1.82) is 0 Å². The third kappa shape index (κ3) is 5.42. The van der Waals surface area contributed by atoms with Crippen molar-refractivity contribution in [2.24, 2.45) is 0 Å². The average molecular weight is 265 g/mol. The SMILES string of the molecule is CCOc1cccc(C(C)NC(=O)CCC(=O)O)c1. The minimum Gasteiger partial charge on any atom is -0.494 e. The van der Waals surface area contributed by atoms with Crippen LogP contribution in [-0.2, 0) is 9.59 Å². The summed E-state index contributed by atoms with van der Waals surface area (Å²) in [6.45, 7) is 4.34. The molecule has 1 unspecified atom stereocenters. The van der Waals surface area contributed by atoms with E-state index in [1.54, 1.807) is 0 Å². The lowest BCUT2D eigenvalue weighted by Gasteiger charge is -2.15. The monoisotopic (exact) mass is 265 g/mol. The first-order chi connectivity index (χ1) is 9.02. The van der Waals surface area contributed by atoms with E-state index < -0.39 is 5.97 Å². The van der Waals surface area contributed by atoms with Gasteiger partial charge in [0.05, 0.1) is 19.1 Å². The number of ether oxygens (including phenoxy) is 1. The number of nitrogens with one attached hydrogen (secondary N) is 1. The molecule has 0 bridgehead atoms. The molecule has 0 aliphatic heterocycles. The molecule has 0 radical (unpaired) electrons. The Labute approximate surface area is 112 Å². The number of rotatable bonds is 7. The van der Waals surface area contributed by atoms with Gasteiger partial charge in [-0.3, -0.25) is 9.59 Å². The lowest BCUT2D eigenvalue weighted by atomic mass is 10.1. The van der Waals surface area contributed by atoms with Crippen LogP contribution in [0.4, 0.5) is 0 Å². The normalized spacial score (nSPS) is 11.7. The zero-order valence-electron chi connectivity index (χ0n) is 11.2. The van der Waals surface area contributed by atoms with E-state index in [0.717, 1.165) is 11.3 Å². The fraction of sp³-hybridized carbons (Fsp3) is 0.429. The number of hydrogen-bond donors (Lipinski definition) is 2. The van der Waals surface area contributed by atoms with E-state index in [1.807, 2.05) is 38.1 Å². The summed E-state index contributed by atoms with van der Waals surface area (Å²) in [5, 5.41) is 11.3. The van der Waals surface area contributed by atoms with Gasteiger partial charge in [0, 0.05) is 6.42 Å². The maximum atomic E-state index is 11.5. The van der Waals surface area contributed by atoms with Crippen LogP contribution in [0.1, 0.15) is 38.3 Å². The van der Waals surface area contributed by atoms with Gasteiger partial charge in [-0.25, -0.2) is 0 Å². The molecule has 104 valence electrons. The lowest BCUT2D eigenvalue weighted by molar-refractivity contribution is -0.138. The summed E-state index contributed by atoms with van der Waals surface area (Å²) >= 11 is 0. The second kappa shape index (κ2) is 7.41. The maximum Gasteiger partial charge on any atom is 0.303 e. The van der Waals surface area contributed by atoms with Gasteiger partial charge < -0.3 is 15.2 Å². The summed E-state index contributed by atoms with van der Waals surface area (Å²) in [6.07, 6.45) is -0.164. The molecule has 1 amide bonds. The first kappa shape index (κ1) is 15.0. The second-order valence-electron chi connectivity index (χ2n) is 4.19. The fourth-order valence-electron chi connectivity index (χ4n) is 1.66. The molecule has 1 aromatic carbocycles. The molecule has 0 aromatic heterocycles. The van der Waals surface area contributed by atoms with E-state index in [9.17, 15) is 9.59 Å². The van der Waals surface area contributed by atoms with Crippen LogP contribution >= 0.6 is 0 Å². The molecule has 0 saturated heterocycles. The van der Waals surface area contributed by atoms with Crippen LogP contribution in [0.15, 0.2) is 24.3 Å². The Balaban J connectivity index is 2.57. The Bertz CT molecular complexity index is 445. The number of carboxylic acid groups (broad SMARTS) is 1. The molecule has 1 rings (SSSR count). The quantitative estimate of drug-likeness (QED) is 0.792. The van der Waals surface area contributed by atoms with Crippen molar-refractivity contribution >= 4 is 11.9 Å². The zero-order chi connectivity index (χ0) is 14.3. The van der Waals surface area contributed by atoms with Crippen LogP contribution in [0.2, 0.25) is 0 Å². The fourth-order valence-corrected chi connectivity index (χ4v) is 1.66. The van der Waals surface area contributed by atoms with Gasteiger partial charge in [0.1, 0.15) is 5.75 Å². The Morgan fingerprint density at radius 1 is 1.37 bits per heavy atom. The van der Waals surface area contributed by atoms with Crippen molar-refractivity contribution in [3.05, 3.63) is 29.8 Å². The number of amides is 1. The van der Waals surface area contributed by atoms with Crippen molar-refractivity contribution in [2.75, 3.05) is 6.61 Å². The van der Waals surface area contributed by atoms with Gasteiger partial charge in [-0.15, -0.1) is 0 Å². The topological polar surface area (TPSA) is 75.6 Å². The molecular weight excluding hydrogens is 246 g/mol. The van der Waals surface area contributed by atoms with E-state index >= 15 is 0 Å². The number of carbonyl (C=O) groups is 2. The van der Waals surface area contributed by atoms with Gasteiger partial charge in [0.25, 0.3) is 0 Å². The molecule has 5 nitrogen and oxygen atoms in total. The maximum absolute atomic E-state index is 11.5. The molecular formula is C14H19NO4. The highest BCUT2D eigenvalue weighted by atomic mass is 16.5. The van der Waals surface area contributed by atoms with Crippen molar-refractivity contribution in [3.63, 3.8) is 0 Å². The second-order valence-corrected chi connectivity index (χ2v) is 4.19. The molecule has 0 aliphatic carbocycles. The first-order valence-electron chi connectivity index (χ1n) is 6.26. The molecule has 1 atom stereocenters. The molecule has 0 fully saturated rings. The van der Waals surface area contributed by atoms with Crippen molar-refractivity contribution < 1.29 is 19.4 Å². The highest BCUT2D eigenvalue weighted by Crippen LogP contribution is 2.19. The van der Waals surface area contributed by atoms with Crippen LogP contribution in [0.5, 0.6) is 5.75 Å². The molecule has 5 heteroatoms. The third-order valence-corrected chi connectivity index (χ3v) is 2.61. The Hall–Kier alpha value is -2.04. The zero-order valence-corrected chi connectivity index (χ0v) is 11.2. The lowest BCUT2D eigenvalue weighted by Crippen LogP contribution is -2.26. The van der Waals surface area contributed by atoms with Crippen LogP contribution in [0, 0.1) is 0 Å². The summed E-state index contributed by atoms with van der Waals surface area (Å²) in [4.78, 5) is 21.9. The van der Waals surface area contributed by atoms with Gasteiger partial charge in [0.2, 0.25) is 5.91 Å². The molecule has 2 N–H and O–H groups in total. The molecule has 0 saturated carbocycles. The minimum absolute atomic E-state index is 0.00910. The van der Waals surface area contributed by atoms with Gasteiger partial charge in [0.15, 0.2) is 0 Å². The smallest absolute Gasteiger partial charge is 0.303 e. The first-order valence-corrected chi connectivity index (χ1v) is 6.26. The number of aliphatic carboxylic acids is 1. The molecule has 1 aromatic rings. The van der Waals surface area contributed by atoms with Crippen LogP contribution in [-0.4, -0.2) is 23.6 Å². The predicted molar refractivity (Wildman–Crippen MR) is 71.0 cm³/mol. The Kier molecular flexibility index (Phi) is 5.85. The standard InChI is InChI=1S/C14H19NO4/c1-3-19-12-6-4-5-11(9-12)10(2)15-13(16)7-8-14(17)18/h4-6,9-10H,3,7-8H2,1-2H3,(H,15,16)(H,17,18).